The fraction of sp³-hybridized carbons (Fsp3) is 0.571. The van der Waals surface area contributed by atoms with Crippen molar-refractivity contribution in [1.29, 1.82) is 0 Å². The third kappa shape index (κ3) is 4.47. The molecular weight excluding hydrogens is 296 g/mol. The fourth-order valence-corrected chi connectivity index (χ4v) is 3.27. The number of nitrogens with one attached hydrogen (secondary N) is 1. The van der Waals surface area contributed by atoms with Crippen LogP contribution >= 0.6 is 0 Å². The minimum atomic E-state index is 0.0574. The zero-order valence-electron chi connectivity index (χ0n) is 15.8. The maximum atomic E-state index is 12.7. The Balaban J connectivity index is 2.00. The van der Waals surface area contributed by atoms with Gasteiger partial charge in [-0.2, -0.15) is 0 Å². The van der Waals surface area contributed by atoms with E-state index >= 15 is 0 Å². The summed E-state index contributed by atoms with van der Waals surface area (Å²) in [6, 6.07) is 10.7. The van der Waals surface area contributed by atoms with Gasteiger partial charge in [-0.15, -0.1) is 0 Å². The van der Waals surface area contributed by atoms with Crippen LogP contribution < -0.4 is 5.32 Å². The van der Waals surface area contributed by atoms with Crippen LogP contribution in [-0.4, -0.2) is 29.6 Å². The third-order valence-electron chi connectivity index (χ3n) is 5.06. The van der Waals surface area contributed by atoms with Gasteiger partial charge in [-0.1, -0.05) is 44.2 Å². The van der Waals surface area contributed by atoms with Gasteiger partial charge >= 0.3 is 0 Å². The van der Waals surface area contributed by atoms with Crippen molar-refractivity contribution in [2.24, 2.45) is 5.92 Å². The Hall–Kier alpha value is -1.61. The molecule has 3 nitrogen and oxygen atoms in total. The van der Waals surface area contributed by atoms with Gasteiger partial charge in [-0.3, -0.25) is 10.1 Å². The number of carbonyl (C=O) groups is 1. The minimum absolute atomic E-state index is 0.0574. The van der Waals surface area contributed by atoms with E-state index in [-0.39, 0.29) is 18.1 Å². The number of rotatable bonds is 8. The molecular formula is C21H32N2O. The molecule has 0 spiro atoms. The lowest BCUT2D eigenvalue weighted by molar-refractivity contribution is -0.129. The number of amides is 1. The van der Waals surface area contributed by atoms with Crippen LogP contribution in [0.2, 0.25) is 0 Å². The van der Waals surface area contributed by atoms with E-state index in [0.717, 1.165) is 31.4 Å². The summed E-state index contributed by atoms with van der Waals surface area (Å²) < 4.78 is 0. The summed E-state index contributed by atoms with van der Waals surface area (Å²) >= 11 is 0. The Morgan fingerprint density at radius 2 is 1.75 bits per heavy atom. The second-order valence-electron chi connectivity index (χ2n) is 7.43. The Morgan fingerprint density at radius 1 is 1.08 bits per heavy atom. The maximum Gasteiger partial charge on any atom is 0.251 e. The maximum absolute atomic E-state index is 12.7. The molecule has 1 aromatic rings. The highest BCUT2D eigenvalue weighted by atomic mass is 16.2. The molecule has 0 radical (unpaired) electrons. The van der Waals surface area contributed by atoms with Crippen molar-refractivity contribution in [2.45, 2.75) is 66.1 Å². The standard InChI is InChI=1S/C21H32N2O/c1-15(2)13-14-22-20-17(4)18(5)21(24)23(20)16(3)11-12-19-9-7-6-8-10-19/h6-10,15-16,20,22H,11-14H2,1-5H3/t16-,20-/m0/s1. The molecule has 0 saturated carbocycles. The lowest BCUT2D eigenvalue weighted by Crippen LogP contribution is -2.50. The fourth-order valence-electron chi connectivity index (χ4n) is 3.27. The Kier molecular flexibility index (Phi) is 6.61. The number of nitrogens with zero attached hydrogens (tertiary/aromatic N) is 1. The SMILES string of the molecule is CC1=C(C)[C@@H](NCCC(C)C)N([C@@H](C)CCc2ccccc2)C1=O. The van der Waals surface area contributed by atoms with Crippen molar-refractivity contribution in [2.75, 3.05) is 6.54 Å². The number of aryl methyl sites for hydroxylation is 1. The molecule has 0 aromatic heterocycles. The van der Waals surface area contributed by atoms with Crippen LogP contribution in [0, 0.1) is 5.92 Å². The number of benzene rings is 1. The Bertz CT molecular complexity index is 577. The molecule has 132 valence electrons. The summed E-state index contributed by atoms with van der Waals surface area (Å²) in [6.07, 6.45) is 3.17. The van der Waals surface area contributed by atoms with Crippen molar-refractivity contribution in [3.8, 4) is 0 Å². The van der Waals surface area contributed by atoms with Crippen LogP contribution in [0.15, 0.2) is 41.5 Å². The van der Waals surface area contributed by atoms with Gasteiger partial charge in [0.25, 0.3) is 5.91 Å². The van der Waals surface area contributed by atoms with Gasteiger partial charge in [0.05, 0.1) is 0 Å². The van der Waals surface area contributed by atoms with Gasteiger partial charge in [0.2, 0.25) is 0 Å². The van der Waals surface area contributed by atoms with Crippen molar-refractivity contribution in [1.82, 2.24) is 10.2 Å². The highest BCUT2D eigenvalue weighted by molar-refractivity contribution is 5.97. The zero-order chi connectivity index (χ0) is 17.7. The molecule has 0 saturated heterocycles. The first-order chi connectivity index (χ1) is 11.4. The van der Waals surface area contributed by atoms with Gasteiger partial charge in [0, 0.05) is 11.6 Å². The van der Waals surface area contributed by atoms with Crippen LogP contribution in [0.4, 0.5) is 0 Å². The van der Waals surface area contributed by atoms with E-state index in [4.69, 9.17) is 0 Å². The Morgan fingerprint density at radius 3 is 2.38 bits per heavy atom. The van der Waals surface area contributed by atoms with Crippen LogP contribution in [0.5, 0.6) is 0 Å². The van der Waals surface area contributed by atoms with Gasteiger partial charge in [0.15, 0.2) is 0 Å². The quantitative estimate of drug-likeness (QED) is 0.777. The number of carbonyl (C=O) groups excluding carboxylic acids is 1. The summed E-state index contributed by atoms with van der Waals surface area (Å²) in [5, 5.41) is 3.60. The molecule has 0 bridgehead atoms. The van der Waals surface area contributed by atoms with E-state index in [0.29, 0.717) is 5.92 Å². The molecule has 2 rings (SSSR count). The van der Waals surface area contributed by atoms with Crippen LogP contribution in [0.25, 0.3) is 0 Å². The molecule has 1 N–H and O–H groups in total. The van der Waals surface area contributed by atoms with Gasteiger partial charge in [-0.25, -0.2) is 0 Å². The molecule has 1 aliphatic heterocycles. The van der Waals surface area contributed by atoms with E-state index in [2.05, 4.69) is 57.3 Å². The summed E-state index contributed by atoms with van der Waals surface area (Å²) in [7, 11) is 0. The van der Waals surface area contributed by atoms with Crippen molar-refractivity contribution in [3.05, 3.63) is 47.0 Å². The van der Waals surface area contributed by atoms with Crippen molar-refractivity contribution < 1.29 is 4.79 Å². The first-order valence-electron chi connectivity index (χ1n) is 9.19. The number of hydrogen-bond donors (Lipinski definition) is 1. The second kappa shape index (κ2) is 8.48. The lowest BCUT2D eigenvalue weighted by atomic mass is 10.0. The lowest BCUT2D eigenvalue weighted by Gasteiger charge is -2.33. The number of hydrogen-bond acceptors (Lipinski definition) is 2. The first-order valence-corrected chi connectivity index (χ1v) is 9.19. The molecule has 3 heteroatoms. The van der Waals surface area contributed by atoms with Crippen molar-refractivity contribution in [3.63, 3.8) is 0 Å². The molecule has 1 aliphatic rings. The molecule has 0 aliphatic carbocycles. The molecule has 2 atom stereocenters. The second-order valence-corrected chi connectivity index (χ2v) is 7.43. The first kappa shape index (κ1) is 18.7. The van der Waals surface area contributed by atoms with E-state index in [1.807, 2.05) is 17.9 Å². The largest absolute Gasteiger partial charge is 0.317 e. The molecule has 1 aromatic carbocycles. The topological polar surface area (TPSA) is 32.3 Å². The molecule has 1 heterocycles. The van der Waals surface area contributed by atoms with Gasteiger partial charge in [-0.05, 0) is 63.6 Å². The summed E-state index contributed by atoms with van der Waals surface area (Å²) in [6.45, 7) is 11.6. The van der Waals surface area contributed by atoms with E-state index in [1.165, 1.54) is 11.1 Å². The van der Waals surface area contributed by atoms with E-state index < -0.39 is 0 Å². The van der Waals surface area contributed by atoms with Crippen molar-refractivity contribution >= 4 is 5.91 Å². The Labute approximate surface area is 147 Å². The highest BCUT2D eigenvalue weighted by Gasteiger charge is 2.37. The smallest absolute Gasteiger partial charge is 0.251 e. The zero-order valence-corrected chi connectivity index (χ0v) is 15.8. The van der Waals surface area contributed by atoms with Crippen LogP contribution in [0.1, 0.15) is 53.0 Å². The van der Waals surface area contributed by atoms with Gasteiger partial charge in [0.1, 0.15) is 6.17 Å². The molecule has 24 heavy (non-hydrogen) atoms. The molecule has 0 fully saturated rings. The summed E-state index contributed by atoms with van der Waals surface area (Å²) in [5.41, 5.74) is 3.42. The average Bonchev–Trinajstić information content (AvgIpc) is 2.77. The van der Waals surface area contributed by atoms with Crippen LogP contribution in [0.3, 0.4) is 0 Å². The van der Waals surface area contributed by atoms with Gasteiger partial charge < -0.3 is 4.90 Å². The predicted octanol–water partition coefficient (Wildman–Crippen LogP) is 4.15. The summed E-state index contributed by atoms with van der Waals surface area (Å²) in [4.78, 5) is 14.8. The molecule has 0 unspecified atom stereocenters. The van der Waals surface area contributed by atoms with E-state index in [1.54, 1.807) is 0 Å². The van der Waals surface area contributed by atoms with E-state index in [9.17, 15) is 4.79 Å². The monoisotopic (exact) mass is 328 g/mol. The molecule has 1 amide bonds. The normalized spacial score (nSPS) is 19.5. The highest BCUT2D eigenvalue weighted by Crippen LogP contribution is 2.27. The van der Waals surface area contributed by atoms with Crippen LogP contribution in [-0.2, 0) is 11.2 Å². The third-order valence-corrected chi connectivity index (χ3v) is 5.06. The predicted molar refractivity (Wildman–Crippen MR) is 101 cm³/mol. The summed E-state index contributed by atoms with van der Waals surface area (Å²) in [5.74, 6) is 0.860. The minimum Gasteiger partial charge on any atom is -0.317 e. The average molecular weight is 328 g/mol.